The van der Waals surface area contributed by atoms with Crippen LogP contribution in [0.15, 0.2) is 28.1 Å². The van der Waals surface area contributed by atoms with Crippen LogP contribution in [0.5, 0.6) is 5.75 Å². The Balaban J connectivity index is 2.30. The molecule has 2 rings (SSSR count). The number of halogens is 2. The van der Waals surface area contributed by atoms with Gasteiger partial charge < -0.3 is 10.1 Å². The first-order valence-electron chi connectivity index (χ1n) is 6.45. The molecule has 1 aromatic carbocycles. The SMILES string of the molecule is CCOc1c(Br)cc(Cl)cc1NC(C)c1sccc1C. The van der Waals surface area contributed by atoms with E-state index in [2.05, 4.69) is 46.5 Å². The summed E-state index contributed by atoms with van der Waals surface area (Å²) in [5.41, 5.74) is 2.21. The molecule has 1 heterocycles. The largest absolute Gasteiger partial charge is 0.491 e. The number of nitrogens with one attached hydrogen (secondary N) is 1. The molecule has 1 atom stereocenters. The topological polar surface area (TPSA) is 21.3 Å². The molecule has 108 valence electrons. The predicted octanol–water partition coefficient (Wildman–Crippen LogP) is 6.04. The van der Waals surface area contributed by atoms with E-state index in [9.17, 15) is 0 Å². The van der Waals surface area contributed by atoms with Crippen LogP contribution in [0, 0.1) is 6.92 Å². The fourth-order valence-electron chi connectivity index (χ4n) is 2.09. The van der Waals surface area contributed by atoms with Gasteiger partial charge in [-0.3, -0.25) is 0 Å². The number of anilines is 1. The lowest BCUT2D eigenvalue weighted by atomic mass is 10.1. The van der Waals surface area contributed by atoms with Crippen molar-refractivity contribution in [2.24, 2.45) is 0 Å². The smallest absolute Gasteiger partial charge is 0.156 e. The average Bonchev–Trinajstić information content (AvgIpc) is 2.80. The lowest BCUT2D eigenvalue weighted by Crippen LogP contribution is -2.08. The molecule has 0 aliphatic rings. The molecule has 0 saturated heterocycles. The van der Waals surface area contributed by atoms with E-state index < -0.39 is 0 Å². The first-order chi connectivity index (χ1) is 9.52. The highest BCUT2D eigenvalue weighted by Gasteiger charge is 2.15. The summed E-state index contributed by atoms with van der Waals surface area (Å²) in [7, 11) is 0. The Kier molecular flexibility index (Phi) is 5.35. The summed E-state index contributed by atoms with van der Waals surface area (Å²) in [4.78, 5) is 1.32. The molecule has 0 radical (unpaired) electrons. The molecular formula is C15H17BrClNOS. The molecule has 0 spiro atoms. The number of aryl methyl sites for hydroxylation is 1. The van der Waals surface area contributed by atoms with Crippen molar-refractivity contribution in [3.63, 3.8) is 0 Å². The van der Waals surface area contributed by atoms with Crippen LogP contribution in [-0.4, -0.2) is 6.61 Å². The van der Waals surface area contributed by atoms with Crippen molar-refractivity contribution in [1.29, 1.82) is 0 Å². The minimum absolute atomic E-state index is 0.208. The van der Waals surface area contributed by atoms with Crippen LogP contribution in [0.2, 0.25) is 5.02 Å². The van der Waals surface area contributed by atoms with E-state index in [-0.39, 0.29) is 6.04 Å². The highest BCUT2D eigenvalue weighted by molar-refractivity contribution is 9.10. The maximum atomic E-state index is 6.14. The fraction of sp³-hybridized carbons (Fsp3) is 0.333. The summed E-state index contributed by atoms with van der Waals surface area (Å²) >= 11 is 11.4. The van der Waals surface area contributed by atoms with E-state index in [0.29, 0.717) is 11.6 Å². The highest BCUT2D eigenvalue weighted by atomic mass is 79.9. The van der Waals surface area contributed by atoms with Gasteiger partial charge in [-0.1, -0.05) is 11.6 Å². The van der Waals surface area contributed by atoms with Gasteiger partial charge in [-0.15, -0.1) is 11.3 Å². The van der Waals surface area contributed by atoms with Gasteiger partial charge in [0, 0.05) is 9.90 Å². The van der Waals surface area contributed by atoms with Gasteiger partial charge in [-0.05, 0) is 65.8 Å². The van der Waals surface area contributed by atoms with Crippen LogP contribution in [0.3, 0.4) is 0 Å². The molecule has 5 heteroatoms. The molecule has 0 aliphatic heterocycles. The first kappa shape index (κ1) is 15.7. The summed E-state index contributed by atoms with van der Waals surface area (Å²) in [5, 5.41) is 6.28. The van der Waals surface area contributed by atoms with E-state index >= 15 is 0 Å². The minimum atomic E-state index is 0.208. The number of hydrogen-bond donors (Lipinski definition) is 1. The summed E-state index contributed by atoms with van der Waals surface area (Å²) in [6, 6.07) is 6.09. The fourth-order valence-corrected chi connectivity index (χ4v) is 3.95. The van der Waals surface area contributed by atoms with E-state index in [1.165, 1.54) is 10.4 Å². The second kappa shape index (κ2) is 6.83. The van der Waals surface area contributed by atoms with Gasteiger partial charge in [0.15, 0.2) is 5.75 Å². The molecule has 0 saturated carbocycles. The molecule has 2 aromatic rings. The molecule has 2 nitrogen and oxygen atoms in total. The van der Waals surface area contributed by atoms with Crippen molar-refractivity contribution in [3.8, 4) is 5.75 Å². The maximum Gasteiger partial charge on any atom is 0.156 e. The highest BCUT2D eigenvalue weighted by Crippen LogP contribution is 2.39. The van der Waals surface area contributed by atoms with Crippen molar-refractivity contribution in [1.82, 2.24) is 0 Å². The third kappa shape index (κ3) is 3.48. The van der Waals surface area contributed by atoms with E-state index in [1.54, 1.807) is 11.3 Å². The van der Waals surface area contributed by atoms with Crippen molar-refractivity contribution in [3.05, 3.63) is 43.5 Å². The predicted molar refractivity (Wildman–Crippen MR) is 91.4 cm³/mol. The average molecular weight is 375 g/mol. The minimum Gasteiger partial charge on any atom is -0.491 e. The van der Waals surface area contributed by atoms with Crippen LogP contribution in [0.4, 0.5) is 5.69 Å². The Morgan fingerprint density at radius 2 is 2.20 bits per heavy atom. The Morgan fingerprint density at radius 3 is 2.80 bits per heavy atom. The van der Waals surface area contributed by atoms with Gasteiger partial charge in [0.2, 0.25) is 0 Å². The van der Waals surface area contributed by atoms with Gasteiger partial charge in [0.25, 0.3) is 0 Å². The lowest BCUT2D eigenvalue weighted by molar-refractivity contribution is 0.339. The summed E-state index contributed by atoms with van der Waals surface area (Å²) in [5.74, 6) is 0.804. The number of hydrogen-bond acceptors (Lipinski definition) is 3. The quantitative estimate of drug-likeness (QED) is 0.688. The van der Waals surface area contributed by atoms with E-state index in [1.807, 2.05) is 19.1 Å². The zero-order chi connectivity index (χ0) is 14.7. The van der Waals surface area contributed by atoms with Gasteiger partial charge in [0.1, 0.15) is 0 Å². The van der Waals surface area contributed by atoms with Gasteiger partial charge in [-0.25, -0.2) is 0 Å². The summed E-state index contributed by atoms with van der Waals surface area (Å²) in [6.07, 6.45) is 0. The number of rotatable bonds is 5. The zero-order valence-corrected chi connectivity index (χ0v) is 14.8. The number of thiophene rings is 1. The molecule has 1 aromatic heterocycles. The van der Waals surface area contributed by atoms with Crippen LogP contribution in [0.25, 0.3) is 0 Å². The second-order valence-electron chi connectivity index (χ2n) is 4.53. The van der Waals surface area contributed by atoms with E-state index in [4.69, 9.17) is 16.3 Å². The Morgan fingerprint density at radius 1 is 1.45 bits per heavy atom. The van der Waals surface area contributed by atoms with Crippen molar-refractivity contribution in [2.45, 2.75) is 26.8 Å². The molecule has 0 amide bonds. The molecular weight excluding hydrogens is 358 g/mol. The standard InChI is InChI=1S/C15H17BrClNOS/c1-4-19-14-12(16)7-11(17)8-13(14)18-10(3)15-9(2)5-6-20-15/h5-8,10,18H,4H2,1-3H3. The Labute approximate surface area is 137 Å². The van der Waals surface area contributed by atoms with Crippen molar-refractivity contribution < 1.29 is 4.74 Å². The second-order valence-corrected chi connectivity index (χ2v) is 6.77. The summed E-state index contributed by atoms with van der Waals surface area (Å²) < 4.78 is 6.57. The normalized spacial score (nSPS) is 12.2. The lowest BCUT2D eigenvalue weighted by Gasteiger charge is -2.19. The van der Waals surface area contributed by atoms with Crippen molar-refractivity contribution in [2.75, 3.05) is 11.9 Å². The molecule has 0 fully saturated rings. The van der Waals surface area contributed by atoms with E-state index in [0.717, 1.165) is 15.9 Å². The van der Waals surface area contributed by atoms with Crippen molar-refractivity contribution >= 4 is 44.6 Å². The van der Waals surface area contributed by atoms with Crippen LogP contribution in [0.1, 0.15) is 30.3 Å². The molecule has 20 heavy (non-hydrogen) atoms. The van der Waals surface area contributed by atoms with Crippen LogP contribution < -0.4 is 10.1 Å². The van der Waals surface area contributed by atoms with Gasteiger partial charge >= 0.3 is 0 Å². The molecule has 1 unspecified atom stereocenters. The van der Waals surface area contributed by atoms with Gasteiger partial charge in [-0.2, -0.15) is 0 Å². The molecule has 0 aliphatic carbocycles. The van der Waals surface area contributed by atoms with Crippen LogP contribution in [-0.2, 0) is 0 Å². The Hall–Kier alpha value is -0.710. The van der Waals surface area contributed by atoms with Crippen LogP contribution >= 0.6 is 38.9 Å². The maximum absolute atomic E-state index is 6.14. The van der Waals surface area contributed by atoms with Gasteiger partial charge in [0.05, 0.1) is 22.8 Å². The third-order valence-electron chi connectivity index (χ3n) is 2.96. The monoisotopic (exact) mass is 373 g/mol. The number of benzene rings is 1. The Bertz CT molecular complexity index is 600. The molecule has 1 N–H and O–H groups in total. The summed E-state index contributed by atoms with van der Waals surface area (Å²) in [6.45, 7) is 6.85. The first-order valence-corrected chi connectivity index (χ1v) is 8.50. The zero-order valence-electron chi connectivity index (χ0n) is 11.7. The number of ether oxygens (including phenoxy) is 1. The molecule has 0 bridgehead atoms. The third-order valence-corrected chi connectivity index (χ3v) is 4.97.